The van der Waals surface area contributed by atoms with Crippen molar-refractivity contribution < 1.29 is 4.79 Å². The van der Waals surface area contributed by atoms with E-state index in [1.165, 1.54) is 4.57 Å². The Hall–Kier alpha value is -1.14. The Morgan fingerprint density at radius 2 is 2.05 bits per heavy atom. The summed E-state index contributed by atoms with van der Waals surface area (Å²) in [7, 11) is 1.64. The van der Waals surface area contributed by atoms with Crippen LogP contribution in [0.2, 0.25) is 0 Å². The average Bonchev–Trinajstić information content (AvgIpc) is 2.36. The molecule has 1 aliphatic rings. The molecule has 3 N–H and O–H groups in total. The first-order chi connectivity index (χ1) is 8.92. The molecule has 0 spiro atoms. The molecule has 1 amide bonds. The van der Waals surface area contributed by atoms with Crippen LogP contribution in [0.1, 0.15) is 32.1 Å². The number of hydrogen-bond acceptors (Lipinski definition) is 3. The molecule has 1 fully saturated rings. The van der Waals surface area contributed by atoms with E-state index < -0.39 is 5.54 Å². The van der Waals surface area contributed by atoms with Gasteiger partial charge < -0.3 is 15.6 Å². The number of nitrogens with zero attached hydrogens (tertiary/aromatic N) is 1. The van der Waals surface area contributed by atoms with Gasteiger partial charge >= 0.3 is 0 Å². The number of aryl methyl sites for hydroxylation is 1. The number of carbonyl (C=O) groups excluding carboxylic acids is 1. The first kappa shape index (κ1) is 14.3. The summed E-state index contributed by atoms with van der Waals surface area (Å²) in [5.41, 5.74) is 5.82. The summed E-state index contributed by atoms with van der Waals surface area (Å²) in [6.07, 6.45) is 6.13. The highest BCUT2D eigenvalue weighted by atomic mass is 79.9. The van der Waals surface area contributed by atoms with Crippen LogP contribution in [-0.2, 0) is 11.8 Å². The van der Waals surface area contributed by atoms with Gasteiger partial charge in [0.25, 0.3) is 5.56 Å². The lowest BCUT2D eigenvalue weighted by Crippen LogP contribution is -2.52. The maximum atomic E-state index is 12.3. The molecule has 6 heteroatoms. The second kappa shape index (κ2) is 5.46. The van der Waals surface area contributed by atoms with Crippen LogP contribution in [0.15, 0.2) is 21.5 Å². The molecule has 1 saturated carbocycles. The molecule has 19 heavy (non-hydrogen) atoms. The third kappa shape index (κ3) is 3.06. The van der Waals surface area contributed by atoms with Crippen LogP contribution in [0.5, 0.6) is 0 Å². The number of nitrogens with one attached hydrogen (secondary N) is 1. The average molecular weight is 328 g/mol. The van der Waals surface area contributed by atoms with Gasteiger partial charge in [0.15, 0.2) is 0 Å². The van der Waals surface area contributed by atoms with Crippen LogP contribution in [0.3, 0.4) is 0 Å². The molecule has 0 unspecified atom stereocenters. The highest BCUT2D eigenvalue weighted by Gasteiger charge is 2.35. The van der Waals surface area contributed by atoms with Gasteiger partial charge in [-0.25, -0.2) is 0 Å². The summed E-state index contributed by atoms with van der Waals surface area (Å²) in [5, 5.41) is 2.81. The van der Waals surface area contributed by atoms with E-state index in [-0.39, 0.29) is 11.5 Å². The van der Waals surface area contributed by atoms with Crippen molar-refractivity contribution in [3.05, 3.63) is 27.1 Å². The first-order valence-corrected chi connectivity index (χ1v) is 7.18. The molecule has 2 rings (SSSR count). The third-order valence-electron chi connectivity index (χ3n) is 3.60. The zero-order valence-electron chi connectivity index (χ0n) is 10.9. The summed E-state index contributed by atoms with van der Waals surface area (Å²) >= 11 is 3.18. The fourth-order valence-corrected chi connectivity index (χ4v) is 2.93. The lowest BCUT2D eigenvalue weighted by molar-refractivity contribution is -0.122. The molecule has 0 bridgehead atoms. The molecule has 0 saturated heterocycles. The molecule has 104 valence electrons. The molecule has 0 aliphatic heterocycles. The Kier molecular flexibility index (Phi) is 4.10. The van der Waals surface area contributed by atoms with Crippen LogP contribution in [0, 0.1) is 0 Å². The third-order valence-corrected chi connectivity index (χ3v) is 4.16. The minimum Gasteiger partial charge on any atom is -0.323 e. The predicted octanol–water partition coefficient (Wildman–Crippen LogP) is 1.75. The van der Waals surface area contributed by atoms with Gasteiger partial charge in [0, 0.05) is 13.2 Å². The molecule has 0 aromatic carbocycles. The highest BCUT2D eigenvalue weighted by Crippen LogP contribution is 2.27. The SMILES string of the molecule is Cn1cc(NC(=O)C2(N)CCCCC2)cc(Br)c1=O. The summed E-state index contributed by atoms with van der Waals surface area (Å²) in [4.78, 5) is 23.8. The Morgan fingerprint density at radius 3 is 2.63 bits per heavy atom. The lowest BCUT2D eigenvalue weighted by atomic mass is 9.82. The van der Waals surface area contributed by atoms with E-state index in [1.54, 1.807) is 19.3 Å². The maximum Gasteiger partial charge on any atom is 0.264 e. The molecule has 1 heterocycles. The van der Waals surface area contributed by atoms with Gasteiger partial charge in [-0.1, -0.05) is 19.3 Å². The minimum absolute atomic E-state index is 0.141. The van der Waals surface area contributed by atoms with E-state index in [1.807, 2.05) is 0 Å². The van der Waals surface area contributed by atoms with Crippen LogP contribution >= 0.6 is 15.9 Å². The van der Waals surface area contributed by atoms with E-state index in [9.17, 15) is 9.59 Å². The normalized spacial score (nSPS) is 18.1. The molecular weight excluding hydrogens is 310 g/mol. The Balaban J connectivity index is 2.17. The molecule has 0 atom stereocenters. The number of hydrogen-bond donors (Lipinski definition) is 2. The second-order valence-electron chi connectivity index (χ2n) is 5.16. The highest BCUT2D eigenvalue weighted by molar-refractivity contribution is 9.10. The van der Waals surface area contributed by atoms with Gasteiger partial charge in [-0.15, -0.1) is 0 Å². The monoisotopic (exact) mass is 327 g/mol. The summed E-state index contributed by atoms with van der Waals surface area (Å²) in [6, 6.07) is 1.60. The minimum atomic E-state index is -0.778. The fourth-order valence-electron chi connectivity index (χ4n) is 2.40. The molecule has 5 nitrogen and oxygen atoms in total. The summed E-state index contributed by atoms with van der Waals surface area (Å²) in [5.74, 6) is -0.169. The zero-order chi connectivity index (χ0) is 14.0. The van der Waals surface area contributed by atoms with Crippen LogP contribution in [0.4, 0.5) is 5.69 Å². The smallest absolute Gasteiger partial charge is 0.264 e. The number of aromatic nitrogens is 1. The number of anilines is 1. The number of amides is 1. The number of halogens is 1. The molecule has 0 radical (unpaired) electrons. The van der Waals surface area contributed by atoms with E-state index >= 15 is 0 Å². The van der Waals surface area contributed by atoms with Crippen molar-refractivity contribution >= 4 is 27.5 Å². The van der Waals surface area contributed by atoms with Gasteiger partial charge in [0.1, 0.15) is 0 Å². The fraction of sp³-hybridized carbons (Fsp3) is 0.538. The largest absolute Gasteiger partial charge is 0.323 e. The topological polar surface area (TPSA) is 77.1 Å². The van der Waals surface area contributed by atoms with Crippen molar-refractivity contribution in [2.75, 3.05) is 5.32 Å². The zero-order valence-corrected chi connectivity index (χ0v) is 12.5. The van der Waals surface area contributed by atoms with Crippen molar-refractivity contribution in [3.8, 4) is 0 Å². The quantitative estimate of drug-likeness (QED) is 0.868. The van der Waals surface area contributed by atoms with Gasteiger partial charge in [-0.05, 0) is 34.8 Å². The molecule has 1 aliphatic carbocycles. The molecular formula is C13H18BrN3O2. The van der Waals surface area contributed by atoms with Gasteiger partial charge in [-0.2, -0.15) is 0 Å². The van der Waals surface area contributed by atoms with Crippen molar-refractivity contribution in [3.63, 3.8) is 0 Å². The number of rotatable bonds is 2. The number of carbonyl (C=O) groups is 1. The standard InChI is InChI=1S/C13H18BrN3O2/c1-17-8-9(7-10(14)11(17)18)16-12(19)13(15)5-3-2-4-6-13/h7-8H,2-6,15H2,1H3,(H,16,19). The van der Waals surface area contributed by atoms with E-state index in [2.05, 4.69) is 21.2 Å². The van der Waals surface area contributed by atoms with Gasteiger partial charge in [0.05, 0.1) is 15.7 Å². The summed E-state index contributed by atoms with van der Waals surface area (Å²) < 4.78 is 1.84. The molecule has 1 aromatic heterocycles. The van der Waals surface area contributed by atoms with Crippen LogP contribution < -0.4 is 16.6 Å². The van der Waals surface area contributed by atoms with Gasteiger partial charge in [0.2, 0.25) is 5.91 Å². The Morgan fingerprint density at radius 1 is 1.42 bits per heavy atom. The van der Waals surface area contributed by atoms with Crippen molar-refractivity contribution in [2.45, 2.75) is 37.6 Å². The first-order valence-electron chi connectivity index (χ1n) is 6.39. The number of nitrogens with two attached hydrogens (primary N) is 1. The Bertz CT molecular complexity index is 521. The van der Waals surface area contributed by atoms with Crippen molar-refractivity contribution in [1.82, 2.24) is 4.57 Å². The van der Waals surface area contributed by atoms with E-state index in [0.29, 0.717) is 23.0 Å². The van der Waals surface area contributed by atoms with Crippen molar-refractivity contribution in [2.24, 2.45) is 12.8 Å². The van der Waals surface area contributed by atoms with Crippen LogP contribution in [0.25, 0.3) is 0 Å². The van der Waals surface area contributed by atoms with E-state index in [0.717, 1.165) is 19.3 Å². The lowest BCUT2D eigenvalue weighted by Gasteiger charge is -2.31. The Labute approximate surface area is 120 Å². The molecule has 1 aromatic rings. The van der Waals surface area contributed by atoms with Gasteiger partial charge in [-0.3, -0.25) is 9.59 Å². The van der Waals surface area contributed by atoms with Crippen molar-refractivity contribution in [1.29, 1.82) is 0 Å². The predicted molar refractivity (Wildman–Crippen MR) is 78.0 cm³/mol. The number of pyridine rings is 1. The van der Waals surface area contributed by atoms with Crippen LogP contribution in [-0.4, -0.2) is 16.0 Å². The summed E-state index contributed by atoms with van der Waals surface area (Å²) in [6.45, 7) is 0. The second-order valence-corrected chi connectivity index (χ2v) is 6.02. The maximum absolute atomic E-state index is 12.3. The van der Waals surface area contributed by atoms with E-state index in [4.69, 9.17) is 5.73 Å².